The second kappa shape index (κ2) is 10.0. The molecule has 0 bridgehead atoms. The van der Waals surface area contributed by atoms with Gasteiger partial charge in [0, 0.05) is 6.92 Å². The van der Waals surface area contributed by atoms with Gasteiger partial charge in [0.1, 0.15) is 12.4 Å². The first-order valence-corrected chi connectivity index (χ1v) is 16.3. The van der Waals surface area contributed by atoms with Crippen LogP contribution in [0.1, 0.15) is 79.1 Å². The summed E-state index contributed by atoms with van der Waals surface area (Å²) in [6.45, 7) is 18.5. The Morgan fingerprint density at radius 3 is 2.03 bits per heavy atom. The molecule has 11 nitrogen and oxygen atoms in total. The summed E-state index contributed by atoms with van der Waals surface area (Å²) in [6, 6.07) is -0.564. The lowest BCUT2D eigenvalue weighted by molar-refractivity contribution is -0.136. The largest absolute Gasteiger partial charge is 0.414 e. The third-order valence-corrected chi connectivity index (χ3v) is 17.6. The van der Waals surface area contributed by atoms with Crippen LogP contribution in [0.2, 0.25) is 22.2 Å². The highest BCUT2D eigenvalue weighted by atomic mass is 28.5. The van der Waals surface area contributed by atoms with E-state index in [1.807, 2.05) is 0 Å². The summed E-state index contributed by atoms with van der Waals surface area (Å²) in [5.41, 5.74) is 5.76. The quantitative estimate of drug-likeness (QED) is 0.537. The van der Waals surface area contributed by atoms with Crippen molar-refractivity contribution in [1.82, 2.24) is 19.7 Å². The maximum absolute atomic E-state index is 13.0. The molecule has 1 unspecified atom stereocenters. The molecule has 2 saturated heterocycles. The normalized spacial score (nSPS) is 28.5. The number of carbonyl (C=O) groups is 2. The number of carbonyl (C=O) groups excluding carboxylic acids is 2. The third kappa shape index (κ3) is 4.62. The number of fused-ring (bicyclic) bond motifs is 1. The number of aromatic nitrogens is 3. The molecule has 2 fully saturated rings. The number of nitrogens with zero attached hydrogens (tertiary/aromatic N) is 4. The summed E-state index contributed by atoms with van der Waals surface area (Å²) in [6.07, 6.45) is -1.52. The Kier molecular flexibility index (Phi) is 7.99. The minimum Gasteiger partial charge on any atom is -0.414 e. The Morgan fingerprint density at radius 2 is 1.60 bits per heavy atom. The summed E-state index contributed by atoms with van der Waals surface area (Å²) >= 11 is 0. The Morgan fingerprint density at radius 1 is 1.06 bits per heavy atom. The molecule has 0 radical (unpaired) electrons. The molecule has 13 heteroatoms. The van der Waals surface area contributed by atoms with Crippen molar-refractivity contribution < 1.29 is 27.7 Å². The number of nitrogens with two attached hydrogens (primary N) is 1. The standard InChI is InChI=1S/C22H41N5O6Si2/c1-12(2)34(13(3)4)31-10-17-19(32-35(33-34,14(5)6)15(7)8)18(29)22(27(17)16(9)28)26-11-24-21(25-26)20(23)30/h11-15,17-19,22,29H,10H2,1-9H3,(H2,23,30)/t17-,18-,19-,22?/m1/s1. The lowest BCUT2D eigenvalue weighted by atomic mass is 10.1. The maximum Gasteiger partial charge on any atom is 0.335 e. The molecule has 0 spiro atoms. The minimum absolute atomic E-state index is 0.0686. The third-order valence-electron chi connectivity index (χ3n) is 7.37. The molecule has 4 atom stereocenters. The fraction of sp³-hybridized carbons (Fsp3) is 0.818. The van der Waals surface area contributed by atoms with Crippen molar-refractivity contribution in [1.29, 1.82) is 0 Å². The van der Waals surface area contributed by atoms with E-state index in [1.165, 1.54) is 17.9 Å². The number of aliphatic hydroxyl groups excluding tert-OH is 1. The molecule has 3 heterocycles. The molecule has 35 heavy (non-hydrogen) atoms. The molecule has 0 saturated carbocycles. The lowest BCUT2D eigenvalue weighted by Gasteiger charge is -2.51. The van der Waals surface area contributed by atoms with Gasteiger partial charge in [-0.1, -0.05) is 55.4 Å². The minimum atomic E-state index is -3.00. The topological polar surface area (TPSA) is 142 Å². The van der Waals surface area contributed by atoms with Gasteiger partial charge >= 0.3 is 17.1 Å². The van der Waals surface area contributed by atoms with E-state index in [0.717, 1.165) is 0 Å². The van der Waals surface area contributed by atoms with Gasteiger partial charge in [-0.3, -0.25) is 9.59 Å². The van der Waals surface area contributed by atoms with Crippen molar-refractivity contribution in [3.63, 3.8) is 0 Å². The molecular formula is C22H41N5O6Si2. The van der Waals surface area contributed by atoms with Gasteiger partial charge in [-0.25, -0.2) is 9.67 Å². The Labute approximate surface area is 209 Å². The maximum atomic E-state index is 13.0. The van der Waals surface area contributed by atoms with E-state index in [1.54, 1.807) is 4.90 Å². The van der Waals surface area contributed by atoms with Crippen LogP contribution in [-0.2, 0) is 17.8 Å². The number of aliphatic hydroxyl groups is 1. The predicted octanol–water partition coefficient (Wildman–Crippen LogP) is 2.42. The highest BCUT2D eigenvalue weighted by molar-refractivity contribution is 6.84. The summed E-state index contributed by atoms with van der Waals surface area (Å²) < 4.78 is 22.2. The van der Waals surface area contributed by atoms with Crippen LogP contribution in [-0.4, -0.2) is 78.6 Å². The fourth-order valence-corrected chi connectivity index (χ4v) is 16.8. The van der Waals surface area contributed by atoms with Crippen LogP contribution in [0.15, 0.2) is 6.33 Å². The zero-order valence-electron chi connectivity index (χ0n) is 22.3. The Balaban J connectivity index is 2.17. The summed E-state index contributed by atoms with van der Waals surface area (Å²) in [4.78, 5) is 30.0. The average Bonchev–Trinajstić information content (AvgIpc) is 3.30. The van der Waals surface area contributed by atoms with Crippen LogP contribution in [0.4, 0.5) is 0 Å². The van der Waals surface area contributed by atoms with Gasteiger partial charge in [-0.2, -0.15) is 0 Å². The molecule has 0 aliphatic carbocycles. The van der Waals surface area contributed by atoms with E-state index < -0.39 is 47.4 Å². The van der Waals surface area contributed by atoms with Gasteiger partial charge < -0.3 is 28.7 Å². The average molecular weight is 528 g/mol. The molecule has 3 N–H and O–H groups in total. The molecule has 2 aliphatic rings. The molecule has 198 valence electrons. The molecule has 2 amide bonds. The summed E-state index contributed by atoms with van der Waals surface area (Å²) in [5, 5.41) is 15.7. The van der Waals surface area contributed by atoms with Crippen LogP contribution in [0.5, 0.6) is 0 Å². The predicted molar refractivity (Wildman–Crippen MR) is 134 cm³/mol. The zero-order chi connectivity index (χ0) is 26.5. The number of hydrogen-bond donors (Lipinski definition) is 2. The van der Waals surface area contributed by atoms with E-state index in [-0.39, 0.29) is 40.5 Å². The zero-order valence-corrected chi connectivity index (χ0v) is 24.3. The van der Waals surface area contributed by atoms with Gasteiger partial charge in [-0.15, -0.1) is 5.10 Å². The number of likely N-dealkylation sites (tertiary alicyclic amines) is 1. The fourth-order valence-electron chi connectivity index (χ4n) is 5.60. The van der Waals surface area contributed by atoms with Gasteiger partial charge in [-0.05, 0) is 22.2 Å². The van der Waals surface area contributed by atoms with Crippen molar-refractivity contribution in [3.05, 3.63) is 12.2 Å². The first-order chi connectivity index (χ1) is 16.2. The summed E-state index contributed by atoms with van der Waals surface area (Å²) in [5.74, 6) is -1.25. The molecule has 2 aliphatic heterocycles. The monoisotopic (exact) mass is 527 g/mol. The van der Waals surface area contributed by atoms with Gasteiger partial charge in [0.25, 0.3) is 5.91 Å². The van der Waals surface area contributed by atoms with Crippen LogP contribution in [0.25, 0.3) is 0 Å². The lowest BCUT2D eigenvalue weighted by Crippen LogP contribution is -2.66. The van der Waals surface area contributed by atoms with E-state index in [9.17, 15) is 14.7 Å². The SMILES string of the molecule is CC(=O)N1C(n2cnc(C(N)=O)n2)[C@H](O)[C@@H]2O[Si](C(C)C)(C(C)C)O[Si](C(C)C)(C(C)C)OC[C@H]21. The molecule has 0 aromatic carbocycles. The van der Waals surface area contributed by atoms with Crippen LogP contribution in [0.3, 0.4) is 0 Å². The molecule has 1 aromatic heterocycles. The van der Waals surface area contributed by atoms with Gasteiger partial charge in [0.2, 0.25) is 11.7 Å². The van der Waals surface area contributed by atoms with Crippen molar-refractivity contribution in [2.75, 3.05) is 6.61 Å². The van der Waals surface area contributed by atoms with E-state index in [4.69, 9.17) is 18.7 Å². The number of hydrogen-bond acceptors (Lipinski definition) is 8. The van der Waals surface area contributed by atoms with Gasteiger partial charge in [0.05, 0.1) is 18.8 Å². The van der Waals surface area contributed by atoms with Crippen molar-refractivity contribution in [2.45, 2.75) is 109 Å². The molecular weight excluding hydrogens is 486 g/mol. The highest BCUT2D eigenvalue weighted by Crippen LogP contribution is 2.48. The Hall–Kier alpha value is -1.65. The van der Waals surface area contributed by atoms with Gasteiger partial charge in [0.15, 0.2) is 6.17 Å². The van der Waals surface area contributed by atoms with Crippen molar-refractivity contribution >= 4 is 28.9 Å². The van der Waals surface area contributed by atoms with Crippen molar-refractivity contribution in [3.8, 4) is 0 Å². The molecule has 1 aromatic rings. The van der Waals surface area contributed by atoms with Crippen LogP contribution >= 0.6 is 0 Å². The van der Waals surface area contributed by atoms with E-state index in [0.29, 0.717) is 0 Å². The first-order valence-electron chi connectivity index (χ1n) is 12.4. The molecule has 3 rings (SSSR count). The highest BCUT2D eigenvalue weighted by Gasteiger charge is 2.63. The number of primary amides is 1. The second-order valence-electron chi connectivity index (χ2n) is 10.9. The van der Waals surface area contributed by atoms with Crippen LogP contribution < -0.4 is 5.73 Å². The summed E-state index contributed by atoms with van der Waals surface area (Å²) in [7, 11) is -5.81. The van der Waals surface area contributed by atoms with E-state index >= 15 is 0 Å². The second-order valence-corrected chi connectivity index (χ2v) is 19.7. The first kappa shape index (κ1) is 27.9. The number of rotatable bonds is 6. The van der Waals surface area contributed by atoms with Crippen molar-refractivity contribution in [2.24, 2.45) is 5.73 Å². The smallest absolute Gasteiger partial charge is 0.335 e. The van der Waals surface area contributed by atoms with E-state index in [2.05, 4.69) is 65.5 Å². The number of amides is 2. The van der Waals surface area contributed by atoms with Crippen LogP contribution in [0, 0.1) is 0 Å². The Bertz CT molecular complexity index is 923.